The van der Waals surface area contributed by atoms with Gasteiger partial charge in [-0.15, -0.1) is 11.3 Å². The molecule has 6 rings (SSSR count). The molecular weight excluding hydrogens is 453 g/mol. The summed E-state index contributed by atoms with van der Waals surface area (Å²) in [7, 11) is 0. The lowest BCUT2D eigenvalue weighted by atomic mass is 9.92. The summed E-state index contributed by atoms with van der Waals surface area (Å²) in [5.41, 5.74) is 4.53. The van der Waals surface area contributed by atoms with Crippen LogP contribution in [0.3, 0.4) is 0 Å². The number of fused-ring (bicyclic) bond motifs is 1. The molecular formula is C26H22FN3O3S. The van der Waals surface area contributed by atoms with Crippen molar-refractivity contribution in [3.05, 3.63) is 83.4 Å². The molecule has 0 bridgehead atoms. The summed E-state index contributed by atoms with van der Waals surface area (Å²) < 4.78 is 20.8. The number of hydrogen-bond acceptors (Lipinski definition) is 6. The highest BCUT2D eigenvalue weighted by molar-refractivity contribution is 7.21. The van der Waals surface area contributed by atoms with Crippen molar-refractivity contribution in [1.82, 2.24) is 14.9 Å². The molecule has 4 aromatic rings. The van der Waals surface area contributed by atoms with Gasteiger partial charge in [-0.05, 0) is 60.4 Å². The first-order valence-corrected chi connectivity index (χ1v) is 12.1. The molecule has 0 radical (unpaired) electrons. The van der Waals surface area contributed by atoms with Crippen molar-refractivity contribution < 1.29 is 19.0 Å². The van der Waals surface area contributed by atoms with Crippen molar-refractivity contribution in [2.45, 2.75) is 30.9 Å². The van der Waals surface area contributed by atoms with Crippen molar-refractivity contribution >= 4 is 27.7 Å². The SMILES string of the molecule is O=C(O)OC1CN(Cc2ccc(-c3nc4ccc(C5(c6ccccn6)CC5)cc4s3)c(F)c2)C1. The molecule has 34 heavy (non-hydrogen) atoms. The van der Waals surface area contributed by atoms with E-state index in [2.05, 4.69) is 23.2 Å². The first-order chi connectivity index (χ1) is 16.5. The van der Waals surface area contributed by atoms with E-state index in [1.807, 2.05) is 35.4 Å². The van der Waals surface area contributed by atoms with Crippen LogP contribution in [0.25, 0.3) is 20.8 Å². The molecule has 1 aliphatic heterocycles. The molecule has 2 aromatic heterocycles. The van der Waals surface area contributed by atoms with Gasteiger partial charge in [0.1, 0.15) is 16.9 Å². The number of thiazole rings is 1. The van der Waals surface area contributed by atoms with Crippen molar-refractivity contribution in [3.8, 4) is 10.6 Å². The van der Waals surface area contributed by atoms with Crippen LogP contribution < -0.4 is 0 Å². The zero-order valence-electron chi connectivity index (χ0n) is 18.3. The second-order valence-electron chi connectivity index (χ2n) is 9.01. The average molecular weight is 476 g/mol. The lowest BCUT2D eigenvalue weighted by Crippen LogP contribution is -2.52. The number of carboxylic acid groups (broad SMARTS) is 1. The number of pyridine rings is 1. The molecule has 2 aliphatic rings. The number of likely N-dealkylation sites (tertiary alicyclic amines) is 1. The summed E-state index contributed by atoms with van der Waals surface area (Å²) in [4.78, 5) is 21.9. The summed E-state index contributed by atoms with van der Waals surface area (Å²) in [6.07, 6.45) is 2.44. The summed E-state index contributed by atoms with van der Waals surface area (Å²) >= 11 is 1.51. The molecule has 2 fully saturated rings. The maximum atomic E-state index is 15.0. The number of rotatable bonds is 6. The molecule has 0 unspecified atom stereocenters. The summed E-state index contributed by atoms with van der Waals surface area (Å²) in [6.45, 7) is 1.60. The predicted molar refractivity (Wildman–Crippen MR) is 127 cm³/mol. The van der Waals surface area contributed by atoms with Crippen LogP contribution in [0, 0.1) is 5.82 Å². The van der Waals surface area contributed by atoms with Crippen LogP contribution in [-0.2, 0) is 16.7 Å². The van der Waals surface area contributed by atoms with Gasteiger partial charge in [0.25, 0.3) is 0 Å². The molecule has 0 atom stereocenters. The van der Waals surface area contributed by atoms with Gasteiger partial charge in [0.15, 0.2) is 0 Å². The van der Waals surface area contributed by atoms with Crippen LogP contribution in [-0.4, -0.2) is 45.3 Å². The summed E-state index contributed by atoms with van der Waals surface area (Å²) in [5, 5.41) is 9.33. The van der Waals surface area contributed by atoms with Gasteiger partial charge in [0.2, 0.25) is 0 Å². The summed E-state index contributed by atoms with van der Waals surface area (Å²) in [5.74, 6) is -0.303. The third-order valence-corrected chi connectivity index (χ3v) is 7.76. The van der Waals surface area contributed by atoms with Gasteiger partial charge in [-0.1, -0.05) is 18.2 Å². The Kier molecular flexibility index (Phi) is 5.08. The van der Waals surface area contributed by atoms with Crippen molar-refractivity contribution in [2.75, 3.05) is 13.1 Å². The van der Waals surface area contributed by atoms with E-state index in [0.29, 0.717) is 30.2 Å². The van der Waals surface area contributed by atoms with Crippen molar-refractivity contribution in [3.63, 3.8) is 0 Å². The van der Waals surface area contributed by atoms with Gasteiger partial charge < -0.3 is 9.84 Å². The Morgan fingerprint density at radius 1 is 1.18 bits per heavy atom. The lowest BCUT2D eigenvalue weighted by Gasteiger charge is -2.37. The highest BCUT2D eigenvalue weighted by Gasteiger charge is 2.47. The average Bonchev–Trinajstić information content (AvgIpc) is 3.51. The lowest BCUT2D eigenvalue weighted by molar-refractivity contribution is -0.0363. The van der Waals surface area contributed by atoms with Gasteiger partial charge in [-0.2, -0.15) is 0 Å². The summed E-state index contributed by atoms with van der Waals surface area (Å²) in [6, 6.07) is 17.6. The zero-order valence-corrected chi connectivity index (χ0v) is 19.1. The van der Waals surface area contributed by atoms with E-state index in [9.17, 15) is 4.79 Å². The minimum Gasteiger partial charge on any atom is -0.450 e. The highest BCUT2D eigenvalue weighted by Crippen LogP contribution is 2.53. The highest BCUT2D eigenvalue weighted by atomic mass is 32.1. The third-order valence-electron chi connectivity index (χ3n) is 6.71. The molecule has 6 nitrogen and oxygen atoms in total. The number of halogens is 1. The minimum absolute atomic E-state index is 0.0160. The van der Waals surface area contributed by atoms with E-state index in [1.54, 1.807) is 12.1 Å². The normalized spacial score (nSPS) is 17.4. The van der Waals surface area contributed by atoms with E-state index in [-0.39, 0.29) is 17.3 Å². The Labute approximate surface area is 199 Å². The minimum atomic E-state index is -1.26. The van der Waals surface area contributed by atoms with Crippen LogP contribution in [0.5, 0.6) is 0 Å². The Balaban J connectivity index is 1.21. The molecule has 172 valence electrons. The van der Waals surface area contributed by atoms with Crippen LogP contribution >= 0.6 is 11.3 Å². The van der Waals surface area contributed by atoms with Gasteiger partial charge >= 0.3 is 6.16 Å². The first-order valence-electron chi connectivity index (χ1n) is 11.2. The number of hydrogen-bond donors (Lipinski definition) is 1. The largest absolute Gasteiger partial charge is 0.506 e. The smallest absolute Gasteiger partial charge is 0.450 e. The Bertz CT molecular complexity index is 1380. The predicted octanol–water partition coefficient (Wildman–Crippen LogP) is 5.46. The molecule has 3 heterocycles. The molecule has 1 N–H and O–H groups in total. The fraction of sp³-hybridized carbons (Fsp3) is 0.269. The van der Waals surface area contributed by atoms with E-state index >= 15 is 4.39 Å². The Morgan fingerprint density at radius 2 is 2.03 bits per heavy atom. The Hall–Kier alpha value is -3.36. The van der Waals surface area contributed by atoms with Gasteiger partial charge in [0.05, 0.1) is 15.9 Å². The van der Waals surface area contributed by atoms with Gasteiger partial charge in [-0.3, -0.25) is 9.88 Å². The number of carbonyl (C=O) groups is 1. The standard InChI is InChI=1S/C26H22FN3O3S/c27-20-11-16(13-30-14-18(15-30)33-25(31)32)4-6-19(20)24-29-21-7-5-17(12-22(21)34-24)26(8-9-26)23-3-1-2-10-28-23/h1-7,10-12,18H,8-9,13-15H2,(H,31,32). The van der Waals surface area contributed by atoms with E-state index < -0.39 is 6.16 Å². The third kappa shape index (κ3) is 3.82. The van der Waals surface area contributed by atoms with E-state index in [1.165, 1.54) is 16.9 Å². The fourth-order valence-electron chi connectivity index (χ4n) is 4.76. The van der Waals surface area contributed by atoms with Crippen LogP contribution in [0.15, 0.2) is 60.8 Å². The zero-order chi connectivity index (χ0) is 23.3. The van der Waals surface area contributed by atoms with E-state index in [4.69, 9.17) is 14.8 Å². The second-order valence-corrected chi connectivity index (χ2v) is 10.0. The monoisotopic (exact) mass is 475 g/mol. The van der Waals surface area contributed by atoms with Crippen LogP contribution in [0.2, 0.25) is 0 Å². The van der Waals surface area contributed by atoms with Crippen LogP contribution in [0.4, 0.5) is 9.18 Å². The maximum absolute atomic E-state index is 15.0. The molecule has 1 saturated carbocycles. The molecule has 1 aliphatic carbocycles. The molecule has 1 saturated heterocycles. The number of aromatic nitrogens is 2. The van der Waals surface area contributed by atoms with Crippen LogP contribution in [0.1, 0.15) is 29.7 Å². The second kappa shape index (κ2) is 8.14. The van der Waals surface area contributed by atoms with Crippen molar-refractivity contribution in [1.29, 1.82) is 0 Å². The molecule has 8 heteroatoms. The number of benzene rings is 2. The van der Waals surface area contributed by atoms with Gasteiger partial charge in [-0.25, -0.2) is 14.2 Å². The quantitative estimate of drug-likeness (QED) is 0.374. The number of nitrogens with zero attached hydrogens (tertiary/aromatic N) is 3. The molecule has 2 aromatic carbocycles. The fourth-order valence-corrected chi connectivity index (χ4v) is 5.79. The van der Waals surface area contributed by atoms with Gasteiger partial charge in [0, 0.05) is 36.8 Å². The number of ether oxygens (including phenoxy) is 1. The molecule has 0 amide bonds. The van der Waals surface area contributed by atoms with E-state index in [0.717, 1.165) is 34.3 Å². The maximum Gasteiger partial charge on any atom is 0.506 e. The first kappa shape index (κ1) is 21.2. The van der Waals surface area contributed by atoms with Crippen molar-refractivity contribution in [2.24, 2.45) is 0 Å². The molecule has 0 spiro atoms. The topological polar surface area (TPSA) is 75.6 Å². The Morgan fingerprint density at radius 3 is 2.74 bits per heavy atom.